The van der Waals surface area contributed by atoms with Gasteiger partial charge < -0.3 is 5.32 Å². The van der Waals surface area contributed by atoms with Gasteiger partial charge in [0, 0.05) is 27.1 Å². The Labute approximate surface area is 235 Å². The summed E-state index contributed by atoms with van der Waals surface area (Å²) < 4.78 is 3.17. The van der Waals surface area contributed by atoms with E-state index in [0.717, 1.165) is 29.3 Å². The molecule has 4 rings (SSSR count). The number of amides is 1. The summed E-state index contributed by atoms with van der Waals surface area (Å²) in [5.41, 5.74) is 6.79. The molecule has 37 heavy (non-hydrogen) atoms. The zero-order valence-corrected chi connectivity index (χ0v) is 23.7. The fraction of sp³-hybridized carbons (Fsp3) is 0.214. The maximum absolute atomic E-state index is 12.9. The van der Waals surface area contributed by atoms with Gasteiger partial charge in [-0.05, 0) is 77.9 Å². The topological polar surface area (TPSA) is 84.2 Å². The Bertz CT molecular complexity index is 1330. The van der Waals surface area contributed by atoms with Gasteiger partial charge in [-0.15, -0.1) is 10.2 Å². The Kier molecular flexibility index (Phi) is 9.72. The number of hydrogen-bond acceptors (Lipinski definition) is 6. The third-order valence-corrected chi connectivity index (χ3v) is 7.41. The van der Waals surface area contributed by atoms with Crippen molar-refractivity contribution < 1.29 is 4.79 Å². The number of nitrogens with one attached hydrogen (secondary N) is 2. The molecule has 0 unspecified atom stereocenters. The number of thioether (sulfide) groups is 1. The Hall–Kier alpha value is -3.18. The summed E-state index contributed by atoms with van der Waals surface area (Å²) in [5, 5.41) is 16.9. The quantitative estimate of drug-likeness (QED) is 0.0914. The molecular weight excluding hydrogens is 595 g/mol. The highest BCUT2D eigenvalue weighted by molar-refractivity contribution is 14.1. The minimum atomic E-state index is -0.415. The smallest absolute Gasteiger partial charge is 0.253 e. The summed E-state index contributed by atoms with van der Waals surface area (Å²) in [7, 11) is 0. The van der Waals surface area contributed by atoms with Crippen molar-refractivity contribution in [2.24, 2.45) is 5.10 Å². The first-order valence-corrected chi connectivity index (χ1v) is 14.0. The predicted octanol–water partition coefficient (Wildman–Crippen LogP) is 6.09. The van der Waals surface area contributed by atoms with Crippen molar-refractivity contribution in [3.8, 4) is 5.69 Å². The van der Waals surface area contributed by atoms with Crippen molar-refractivity contribution in [1.82, 2.24) is 20.2 Å². The van der Waals surface area contributed by atoms with E-state index in [4.69, 9.17) is 0 Å². The molecule has 7 nitrogen and oxygen atoms in total. The lowest BCUT2D eigenvalue weighted by Gasteiger charge is -2.14. The first kappa shape index (κ1) is 26.9. The van der Waals surface area contributed by atoms with E-state index >= 15 is 0 Å². The zero-order chi connectivity index (χ0) is 26.0. The number of rotatable bonds is 11. The van der Waals surface area contributed by atoms with Crippen molar-refractivity contribution in [2.75, 3.05) is 5.32 Å². The molecule has 0 saturated heterocycles. The third-order valence-electron chi connectivity index (χ3n) is 5.64. The molecule has 0 aliphatic carbocycles. The van der Waals surface area contributed by atoms with Gasteiger partial charge in [-0.25, -0.2) is 5.43 Å². The van der Waals surface area contributed by atoms with Crippen molar-refractivity contribution in [3.63, 3.8) is 0 Å². The van der Waals surface area contributed by atoms with E-state index in [1.807, 2.05) is 79.1 Å². The van der Waals surface area contributed by atoms with Crippen LogP contribution in [0, 0.1) is 3.57 Å². The first-order valence-electron chi connectivity index (χ1n) is 12.1. The summed E-state index contributed by atoms with van der Waals surface area (Å²) in [6.45, 7) is 4.39. The highest BCUT2D eigenvalue weighted by atomic mass is 127. The molecule has 1 amide bonds. The number of carbonyl (C=O) groups is 1. The molecule has 1 atom stereocenters. The predicted molar refractivity (Wildman–Crippen MR) is 159 cm³/mol. The maximum atomic E-state index is 12.9. The molecule has 0 spiro atoms. The van der Waals surface area contributed by atoms with Gasteiger partial charge in [0.2, 0.25) is 0 Å². The van der Waals surface area contributed by atoms with E-state index in [1.165, 1.54) is 20.9 Å². The van der Waals surface area contributed by atoms with Gasteiger partial charge in [-0.2, -0.15) is 5.10 Å². The van der Waals surface area contributed by atoms with Crippen molar-refractivity contribution in [2.45, 2.75) is 43.6 Å². The number of para-hydroxylation sites is 1. The van der Waals surface area contributed by atoms with E-state index in [9.17, 15) is 4.79 Å². The molecule has 4 aromatic rings. The van der Waals surface area contributed by atoms with Gasteiger partial charge in [0.05, 0.1) is 11.8 Å². The lowest BCUT2D eigenvalue weighted by atomic mass is 10.1. The van der Waals surface area contributed by atoms with Gasteiger partial charge in [0.1, 0.15) is 0 Å². The van der Waals surface area contributed by atoms with Crippen LogP contribution in [0.1, 0.15) is 31.7 Å². The second-order valence-electron chi connectivity index (χ2n) is 8.36. The minimum Gasteiger partial charge on any atom is -0.378 e. The monoisotopic (exact) mass is 624 g/mol. The van der Waals surface area contributed by atoms with Crippen LogP contribution in [0.2, 0.25) is 0 Å². The van der Waals surface area contributed by atoms with Crippen molar-refractivity contribution >= 4 is 51.7 Å². The average molecular weight is 625 g/mol. The van der Waals surface area contributed by atoms with Gasteiger partial charge in [-0.3, -0.25) is 9.36 Å². The molecule has 0 fully saturated rings. The van der Waals surface area contributed by atoms with Crippen LogP contribution in [0.5, 0.6) is 0 Å². The van der Waals surface area contributed by atoms with Crippen LogP contribution in [0.25, 0.3) is 5.69 Å². The number of benzene rings is 3. The molecule has 1 heterocycles. The van der Waals surface area contributed by atoms with Crippen LogP contribution >= 0.6 is 34.4 Å². The van der Waals surface area contributed by atoms with Crippen LogP contribution in [0.15, 0.2) is 95.2 Å². The first-order chi connectivity index (χ1) is 18.0. The molecular formula is C28H29IN6OS. The van der Waals surface area contributed by atoms with Crippen LogP contribution in [0.4, 0.5) is 5.69 Å². The highest BCUT2D eigenvalue weighted by Gasteiger charge is 2.21. The fourth-order valence-corrected chi connectivity index (χ4v) is 4.83. The van der Waals surface area contributed by atoms with Gasteiger partial charge in [0.25, 0.3) is 5.91 Å². The molecule has 0 bridgehead atoms. The molecule has 3 aromatic carbocycles. The molecule has 1 aromatic heterocycles. The lowest BCUT2D eigenvalue weighted by molar-refractivity contribution is -0.120. The summed E-state index contributed by atoms with van der Waals surface area (Å²) in [6.07, 6.45) is 1.47. The molecule has 2 N–H and O–H groups in total. The van der Waals surface area contributed by atoms with Gasteiger partial charge in [-0.1, -0.05) is 67.2 Å². The van der Waals surface area contributed by atoms with Crippen molar-refractivity contribution in [3.05, 3.63) is 99.9 Å². The molecule has 0 aliphatic heterocycles. The van der Waals surface area contributed by atoms with Crippen LogP contribution in [0.3, 0.4) is 0 Å². The average Bonchev–Trinajstić information content (AvgIpc) is 3.33. The summed E-state index contributed by atoms with van der Waals surface area (Å²) in [5.74, 6) is 0.583. The van der Waals surface area contributed by atoms with Gasteiger partial charge in [0.15, 0.2) is 11.0 Å². The van der Waals surface area contributed by atoms with E-state index < -0.39 is 5.25 Å². The number of carbonyl (C=O) groups excluding carboxylic acids is 1. The Morgan fingerprint density at radius 1 is 1.00 bits per heavy atom. The minimum absolute atomic E-state index is 0.176. The number of halogens is 1. The summed E-state index contributed by atoms with van der Waals surface area (Å²) >= 11 is 3.65. The second kappa shape index (κ2) is 13.4. The van der Waals surface area contributed by atoms with E-state index in [1.54, 1.807) is 0 Å². The molecule has 9 heteroatoms. The Morgan fingerprint density at radius 2 is 1.68 bits per heavy atom. The normalized spacial score (nSPS) is 12.2. The standard InChI is InChI=1S/C28H29IN6OS/c1-3-23(18-21-10-6-4-7-11-21)31-33-27(36)20(2)37-28-34-32-26(35(28)25-12-8-5-9-13-25)19-30-24-16-14-22(29)15-17-24/h4-17,20,30H,3,18-19H2,1-2H3,(H,33,36)/b31-23-/t20-/m1/s1. The largest absolute Gasteiger partial charge is 0.378 e. The Balaban J connectivity index is 1.46. The number of anilines is 1. The van der Waals surface area contributed by atoms with E-state index in [-0.39, 0.29) is 5.91 Å². The van der Waals surface area contributed by atoms with Gasteiger partial charge >= 0.3 is 0 Å². The number of hydrogen-bond donors (Lipinski definition) is 2. The lowest BCUT2D eigenvalue weighted by Crippen LogP contribution is -2.28. The SMILES string of the molecule is CC/C(Cc1ccccc1)=N/NC(=O)[C@@H](C)Sc1nnc(CNc2ccc(I)cc2)n1-c1ccccc1. The van der Waals surface area contributed by atoms with Crippen LogP contribution in [-0.2, 0) is 17.8 Å². The number of aromatic nitrogens is 3. The molecule has 0 radical (unpaired) electrons. The molecule has 190 valence electrons. The fourth-order valence-electron chi connectivity index (χ4n) is 3.59. The highest BCUT2D eigenvalue weighted by Crippen LogP contribution is 2.26. The van der Waals surface area contributed by atoms with E-state index in [2.05, 4.69) is 72.9 Å². The van der Waals surface area contributed by atoms with Crippen molar-refractivity contribution in [1.29, 1.82) is 0 Å². The number of hydrazone groups is 1. The molecule has 0 saturated carbocycles. The van der Waals surface area contributed by atoms with Crippen LogP contribution < -0.4 is 10.7 Å². The summed E-state index contributed by atoms with van der Waals surface area (Å²) in [6, 6.07) is 28.3. The maximum Gasteiger partial charge on any atom is 0.253 e. The Morgan fingerprint density at radius 3 is 2.35 bits per heavy atom. The summed E-state index contributed by atoms with van der Waals surface area (Å²) in [4.78, 5) is 12.9. The second-order valence-corrected chi connectivity index (χ2v) is 10.9. The zero-order valence-electron chi connectivity index (χ0n) is 20.8. The van der Waals surface area contributed by atoms with E-state index in [0.29, 0.717) is 18.1 Å². The molecule has 0 aliphatic rings. The third kappa shape index (κ3) is 7.65. The van der Waals surface area contributed by atoms with Crippen LogP contribution in [-0.4, -0.2) is 31.6 Å². The number of nitrogens with zero attached hydrogens (tertiary/aromatic N) is 4.